The van der Waals surface area contributed by atoms with Gasteiger partial charge in [-0.05, 0) is 6.07 Å². The predicted octanol–water partition coefficient (Wildman–Crippen LogP) is 2.63. The number of hydrogen-bond donors (Lipinski definition) is 0. The molecule has 0 saturated heterocycles. The molecule has 1 nitrogen and oxygen atoms in total. The first kappa shape index (κ1) is 8.96. The summed E-state index contributed by atoms with van der Waals surface area (Å²) in [6.45, 7) is -1.04. The summed E-state index contributed by atoms with van der Waals surface area (Å²) in [5, 5.41) is 0. The highest BCUT2D eigenvalue weighted by Crippen LogP contribution is 2.19. The van der Waals surface area contributed by atoms with Gasteiger partial charge in [0.2, 0.25) is 5.95 Å². The average molecular weight is 179 g/mol. The van der Waals surface area contributed by atoms with Crippen LogP contribution in [0.2, 0.25) is 0 Å². The first-order chi connectivity index (χ1) is 5.63. The number of pyridine rings is 1. The maximum atomic E-state index is 12.4. The Morgan fingerprint density at radius 3 is 2.50 bits per heavy atom. The Bertz CT molecular complexity index is 274. The molecular formula is C7H5F4N. The summed E-state index contributed by atoms with van der Waals surface area (Å²) < 4.78 is 48.1. The highest BCUT2D eigenvalue weighted by atomic mass is 19.3. The van der Waals surface area contributed by atoms with Crippen LogP contribution in [0.3, 0.4) is 0 Å². The molecule has 0 spiro atoms. The average Bonchev–Trinajstić information content (AvgIpc) is 2.03. The van der Waals surface area contributed by atoms with Crippen molar-refractivity contribution in [2.45, 2.75) is 13.1 Å². The molecule has 0 unspecified atom stereocenters. The van der Waals surface area contributed by atoms with E-state index in [1.54, 1.807) is 0 Å². The Hall–Kier alpha value is -1.13. The van der Waals surface area contributed by atoms with E-state index < -0.39 is 24.6 Å². The molecule has 0 bridgehead atoms. The van der Waals surface area contributed by atoms with Gasteiger partial charge in [-0.25, -0.2) is 18.2 Å². The Balaban J connectivity index is 3.06. The normalized spacial score (nSPS) is 10.8. The summed E-state index contributed by atoms with van der Waals surface area (Å²) in [5.41, 5.74) is -0.861. The van der Waals surface area contributed by atoms with Gasteiger partial charge in [0.15, 0.2) is 0 Å². The zero-order valence-corrected chi connectivity index (χ0v) is 5.90. The fourth-order valence-corrected chi connectivity index (χ4v) is 0.768. The van der Waals surface area contributed by atoms with Crippen LogP contribution in [0.15, 0.2) is 12.1 Å². The van der Waals surface area contributed by atoms with Crippen LogP contribution < -0.4 is 0 Å². The molecule has 0 fully saturated rings. The second-order valence-electron chi connectivity index (χ2n) is 2.15. The largest absolute Gasteiger partial charge is 0.264 e. The maximum absolute atomic E-state index is 12.4. The lowest BCUT2D eigenvalue weighted by atomic mass is 10.2. The molecule has 1 aromatic heterocycles. The molecule has 1 rings (SSSR count). The summed E-state index contributed by atoms with van der Waals surface area (Å²) in [6, 6.07) is 1.43. The molecule has 1 heterocycles. The molecule has 0 aliphatic rings. The fraction of sp³-hybridized carbons (Fsp3) is 0.286. The van der Waals surface area contributed by atoms with Crippen LogP contribution in [0.5, 0.6) is 0 Å². The molecule has 0 N–H and O–H groups in total. The summed E-state index contributed by atoms with van der Waals surface area (Å²) in [5.74, 6) is -1.08. The lowest BCUT2D eigenvalue weighted by Crippen LogP contribution is -1.94. The van der Waals surface area contributed by atoms with E-state index in [1.165, 1.54) is 0 Å². The smallest absolute Gasteiger partial charge is 0.244 e. The predicted molar refractivity (Wildman–Crippen MR) is 34.0 cm³/mol. The molecule has 0 aliphatic heterocycles. The third-order valence-corrected chi connectivity index (χ3v) is 1.26. The Kier molecular flexibility index (Phi) is 2.62. The number of alkyl halides is 3. The van der Waals surface area contributed by atoms with Crippen molar-refractivity contribution in [3.05, 3.63) is 29.3 Å². The molecule has 12 heavy (non-hydrogen) atoms. The number of nitrogens with zero attached hydrogens (tertiary/aromatic N) is 1. The van der Waals surface area contributed by atoms with Crippen LogP contribution in [-0.2, 0) is 6.67 Å². The molecule has 0 radical (unpaired) electrons. The first-order valence-electron chi connectivity index (χ1n) is 3.14. The minimum Gasteiger partial charge on any atom is -0.244 e. The topological polar surface area (TPSA) is 12.9 Å². The van der Waals surface area contributed by atoms with Crippen LogP contribution in [0, 0.1) is 5.95 Å². The van der Waals surface area contributed by atoms with Crippen LogP contribution in [0.4, 0.5) is 17.6 Å². The van der Waals surface area contributed by atoms with Crippen molar-refractivity contribution in [2.24, 2.45) is 0 Å². The minimum absolute atomic E-state index is 0.315. The fourth-order valence-electron chi connectivity index (χ4n) is 0.768. The van der Waals surface area contributed by atoms with Gasteiger partial charge in [-0.1, -0.05) is 0 Å². The molecule has 0 saturated carbocycles. The van der Waals surface area contributed by atoms with Crippen molar-refractivity contribution in [1.29, 1.82) is 0 Å². The highest BCUT2D eigenvalue weighted by molar-refractivity contribution is 5.17. The van der Waals surface area contributed by atoms with E-state index in [0.29, 0.717) is 6.07 Å². The molecule has 0 atom stereocenters. The summed E-state index contributed by atoms with van der Waals surface area (Å²) in [4.78, 5) is 3.06. The van der Waals surface area contributed by atoms with Gasteiger partial charge in [0.1, 0.15) is 6.67 Å². The molecule has 5 heteroatoms. The van der Waals surface area contributed by atoms with Crippen LogP contribution >= 0.6 is 0 Å². The van der Waals surface area contributed by atoms with Crippen LogP contribution in [-0.4, -0.2) is 4.98 Å². The standard InChI is InChI=1S/C7H5F4N/c8-3-5-1-4(7(10)11)2-6(9)12-5/h1-2,7H,3H2. The van der Waals surface area contributed by atoms with E-state index in [4.69, 9.17) is 0 Å². The molecule has 1 aromatic rings. The molecule has 66 valence electrons. The Morgan fingerprint density at radius 2 is 2.00 bits per heavy atom. The summed E-state index contributed by atoms with van der Waals surface area (Å²) in [7, 11) is 0. The third kappa shape index (κ3) is 1.93. The number of hydrogen-bond acceptors (Lipinski definition) is 1. The van der Waals surface area contributed by atoms with Gasteiger partial charge < -0.3 is 0 Å². The molecule has 0 aliphatic carbocycles. The van der Waals surface area contributed by atoms with Gasteiger partial charge in [-0.3, -0.25) is 0 Å². The van der Waals surface area contributed by atoms with E-state index in [9.17, 15) is 17.6 Å². The Labute approximate surface area is 66.0 Å². The molecular weight excluding hydrogens is 174 g/mol. The van der Waals surface area contributed by atoms with Crippen LogP contribution in [0.25, 0.3) is 0 Å². The van der Waals surface area contributed by atoms with Gasteiger partial charge in [-0.2, -0.15) is 4.39 Å². The first-order valence-corrected chi connectivity index (χ1v) is 3.14. The number of rotatable bonds is 2. The van der Waals surface area contributed by atoms with E-state index >= 15 is 0 Å². The quantitative estimate of drug-likeness (QED) is 0.502. The van der Waals surface area contributed by atoms with Crippen LogP contribution in [0.1, 0.15) is 17.7 Å². The SMILES string of the molecule is FCc1cc(C(F)F)cc(F)n1. The molecule has 0 amide bonds. The van der Waals surface area contributed by atoms with Gasteiger partial charge >= 0.3 is 0 Å². The zero-order chi connectivity index (χ0) is 9.14. The lowest BCUT2D eigenvalue weighted by molar-refractivity contribution is 0.150. The minimum atomic E-state index is -2.80. The third-order valence-electron chi connectivity index (χ3n) is 1.26. The van der Waals surface area contributed by atoms with Gasteiger partial charge in [-0.15, -0.1) is 0 Å². The monoisotopic (exact) mass is 179 g/mol. The molecule has 0 aromatic carbocycles. The van der Waals surface area contributed by atoms with Gasteiger partial charge in [0.25, 0.3) is 6.43 Å². The van der Waals surface area contributed by atoms with Gasteiger partial charge in [0.05, 0.1) is 5.69 Å². The van der Waals surface area contributed by atoms with Crippen molar-refractivity contribution >= 4 is 0 Å². The summed E-state index contributed by atoms with van der Waals surface area (Å²) >= 11 is 0. The highest BCUT2D eigenvalue weighted by Gasteiger charge is 2.10. The van der Waals surface area contributed by atoms with E-state index in [-0.39, 0.29) is 5.69 Å². The zero-order valence-electron chi connectivity index (χ0n) is 5.90. The van der Waals surface area contributed by atoms with Crippen molar-refractivity contribution in [2.75, 3.05) is 0 Å². The lowest BCUT2D eigenvalue weighted by Gasteiger charge is -2.00. The van der Waals surface area contributed by atoms with E-state index in [1.807, 2.05) is 0 Å². The van der Waals surface area contributed by atoms with Crippen molar-refractivity contribution < 1.29 is 17.6 Å². The second-order valence-corrected chi connectivity index (χ2v) is 2.15. The Morgan fingerprint density at radius 1 is 1.33 bits per heavy atom. The van der Waals surface area contributed by atoms with Crippen molar-refractivity contribution in [1.82, 2.24) is 4.98 Å². The number of aromatic nitrogens is 1. The summed E-state index contributed by atoms with van der Waals surface area (Å²) in [6.07, 6.45) is -2.80. The van der Waals surface area contributed by atoms with Crippen molar-refractivity contribution in [3.8, 4) is 0 Å². The number of halogens is 4. The maximum Gasteiger partial charge on any atom is 0.264 e. The van der Waals surface area contributed by atoms with E-state index in [0.717, 1.165) is 6.07 Å². The van der Waals surface area contributed by atoms with Gasteiger partial charge in [0, 0.05) is 11.6 Å². The second kappa shape index (κ2) is 3.51. The van der Waals surface area contributed by atoms with Crippen molar-refractivity contribution in [3.63, 3.8) is 0 Å². The van der Waals surface area contributed by atoms with E-state index in [2.05, 4.69) is 4.98 Å².